The first kappa shape index (κ1) is 14.1. The zero-order chi connectivity index (χ0) is 13.2. The lowest BCUT2D eigenvalue weighted by molar-refractivity contribution is -0.0581. The van der Waals surface area contributed by atoms with Crippen molar-refractivity contribution < 1.29 is 9.84 Å². The molecule has 2 unspecified atom stereocenters. The molecule has 0 bridgehead atoms. The topological polar surface area (TPSA) is 29.5 Å². The average Bonchev–Trinajstić information content (AvgIpc) is 2.35. The van der Waals surface area contributed by atoms with Gasteiger partial charge >= 0.3 is 0 Å². The Kier molecular flexibility index (Phi) is 4.54. The summed E-state index contributed by atoms with van der Waals surface area (Å²) in [5.41, 5.74) is 0.177. The number of benzene rings is 1. The van der Waals surface area contributed by atoms with Crippen molar-refractivity contribution in [1.82, 2.24) is 0 Å². The fourth-order valence-corrected chi connectivity index (χ4v) is 3.07. The van der Waals surface area contributed by atoms with E-state index in [9.17, 15) is 5.11 Å². The van der Waals surface area contributed by atoms with Gasteiger partial charge in [-0.15, -0.1) is 0 Å². The highest BCUT2D eigenvalue weighted by atomic mass is 35.5. The summed E-state index contributed by atoms with van der Waals surface area (Å²) in [7, 11) is 1.70. The third-order valence-corrected chi connectivity index (χ3v) is 4.52. The Bertz CT molecular complexity index is 422. The van der Waals surface area contributed by atoms with Gasteiger partial charge in [-0.2, -0.15) is 0 Å². The van der Waals surface area contributed by atoms with Gasteiger partial charge in [0.05, 0.1) is 21.8 Å². The molecule has 2 atom stereocenters. The van der Waals surface area contributed by atoms with E-state index in [1.54, 1.807) is 13.2 Å². The molecule has 4 heteroatoms. The lowest BCUT2D eigenvalue weighted by Gasteiger charge is -2.36. The van der Waals surface area contributed by atoms with E-state index in [4.69, 9.17) is 27.9 Å². The van der Waals surface area contributed by atoms with Crippen molar-refractivity contribution in [3.63, 3.8) is 0 Å². The number of halogens is 2. The molecule has 0 heterocycles. The highest BCUT2D eigenvalue weighted by Gasteiger charge is 2.35. The van der Waals surface area contributed by atoms with E-state index in [1.807, 2.05) is 12.1 Å². The maximum absolute atomic E-state index is 10.7. The molecule has 1 aromatic carbocycles. The second kappa shape index (κ2) is 5.79. The van der Waals surface area contributed by atoms with Gasteiger partial charge in [-0.3, -0.25) is 0 Å². The van der Waals surface area contributed by atoms with Crippen LogP contribution in [0.15, 0.2) is 18.2 Å². The van der Waals surface area contributed by atoms with Crippen molar-refractivity contribution in [1.29, 1.82) is 0 Å². The summed E-state index contributed by atoms with van der Waals surface area (Å²) in [4.78, 5) is 0. The normalized spacial score (nSPS) is 28.3. The molecule has 2 nitrogen and oxygen atoms in total. The van der Waals surface area contributed by atoms with Crippen LogP contribution in [0.25, 0.3) is 0 Å². The molecule has 1 saturated carbocycles. The van der Waals surface area contributed by atoms with E-state index in [0.717, 1.165) is 24.8 Å². The minimum Gasteiger partial charge on any atom is -0.389 e. The van der Waals surface area contributed by atoms with E-state index in [-0.39, 0.29) is 6.10 Å². The average molecular weight is 289 g/mol. The maximum Gasteiger partial charge on any atom is 0.0713 e. The minimum absolute atomic E-state index is 0.140. The second-order valence-electron chi connectivity index (χ2n) is 5.07. The van der Waals surface area contributed by atoms with Crippen molar-refractivity contribution in [3.05, 3.63) is 33.8 Å². The molecule has 0 amide bonds. The van der Waals surface area contributed by atoms with Crippen molar-refractivity contribution in [2.75, 3.05) is 7.11 Å². The predicted octanol–water partition coefficient (Wildman–Crippen LogP) is 3.86. The predicted molar refractivity (Wildman–Crippen MR) is 74.4 cm³/mol. The molecule has 0 radical (unpaired) electrons. The summed E-state index contributed by atoms with van der Waals surface area (Å²) < 4.78 is 5.36. The number of ether oxygens (including phenoxy) is 1. The van der Waals surface area contributed by atoms with Gasteiger partial charge < -0.3 is 9.84 Å². The van der Waals surface area contributed by atoms with Gasteiger partial charge in [-0.1, -0.05) is 35.3 Å². The van der Waals surface area contributed by atoms with Crippen LogP contribution in [-0.4, -0.2) is 23.9 Å². The van der Waals surface area contributed by atoms with Crippen LogP contribution in [0.4, 0.5) is 0 Å². The van der Waals surface area contributed by atoms with E-state index in [0.29, 0.717) is 22.9 Å². The van der Waals surface area contributed by atoms with Crippen LogP contribution in [0.5, 0.6) is 0 Å². The Morgan fingerprint density at radius 3 is 2.94 bits per heavy atom. The first-order chi connectivity index (χ1) is 8.54. The van der Waals surface area contributed by atoms with Gasteiger partial charge in [0, 0.05) is 20.0 Å². The number of aliphatic hydroxyl groups is 1. The Labute approximate surface area is 118 Å². The third-order valence-electron chi connectivity index (χ3n) is 3.66. The summed E-state index contributed by atoms with van der Waals surface area (Å²) in [6.45, 7) is 0. The Morgan fingerprint density at radius 1 is 1.44 bits per heavy atom. The first-order valence-electron chi connectivity index (χ1n) is 6.22. The molecule has 0 saturated heterocycles. The molecule has 18 heavy (non-hydrogen) atoms. The monoisotopic (exact) mass is 288 g/mol. The summed E-state index contributed by atoms with van der Waals surface area (Å²) in [6.07, 6.45) is 4.12. The molecule has 2 rings (SSSR count). The van der Waals surface area contributed by atoms with Crippen molar-refractivity contribution in [2.24, 2.45) is 0 Å². The summed E-state index contributed by atoms with van der Waals surface area (Å²) in [5.74, 6) is 0. The fraction of sp³-hybridized carbons (Fsp3) is 0.571. The molecular formula is C14H18Cl2O2. The SMILES string of the molecule is COC1CCCC(O)(Cc2cccc(Cl)c2Cl)C1. The lowest BCUT2D eigenvalue weighted by Crippen LogP contribution is -2.40. The molecule has 0 aromatic heterocycles. The second-order valence-corrected chi connectivity index (χ2v) is 5.85. The van der Waals surface area contributed by atoms with E-state index in [1.165, 1.54) is 0 Å². The number of methoxy groups -OCH3 is 1. The zero-order valence-corrected chi connectivity index (χ0v) is 12.0. The van der Waals surface area contributed by atoms with Gasteiger partial charge in [0.25, 0.3) is 0 Å². The highest BCUT2D eigenvalue weighted by Crippen LogP contribution is 2.35. The summed E-state index contributed by atoms with van der Waals surface area (Å²) >= 11 is 12.2. The lowest BCUT2D eigenvalue weighted by atomic mass is 9.79. The molecule has 1 fully saturated rings. The Hall–Kier alpha value is -0.280. The van der Waals surface area contributed by atoms with Crippen molar-refractivity contribution in [2.45, 2.75) is 43.8 Å². The van der Waals surface area contributed by atoms with Gasteiger partial charge in [-0.05, 0) is 30.9 Å². The quantitative estimate of drug-likeness (QED) is 0.915. The van der Waals surface area contributed by atoms with Crippen LogP contribution >= 0.6 is 23.2 Å². The molecule has 1 aliphatic carbocycles. The van der Waals surface area contributed by atoms with Crippen molar-refractivity contribution >= 4 is 23.2 Å². The summed E-state index contributed by atoms with van der Waals surface area (Å²) in [5, 5.41) is 11.7. The number of hydrogen-bond donors (Lipinski definition) is 1. The molecular weight excluding hydrogens is 271 g/mol. The van der Waals surface area contributed by atoms with E-state index >= 15 is 0 Å². The van der Waals surface area contributed by atoms with Gasteiger partial charge in [0.15, 0.2) is 0 Å². The smallest absolute Gasteiger partial charge is 0.0713 e. The Balaban J connectivity index is 2.14. The molecule has 1 aliphatic rings. The van der Waals surface area contributed by atoms with Gasteiger partial charge in [0.2, 0.25) is 0 Å². The minimum atomic E-state index is -0.729. The maximum atomic E-state index is 10.7. The highest BCUT2D eigenvalue weighted by molar-refractivity contribution is 6.42. The molecule has 0 aliphatic heterocycles. The Morgan fingerprint density at radius 2 is 2.22 bits per heavy atom. The van der Waals surface area contributed by atoms with E-state index < -0.39 is 5.60 Å². The largest absolute Gasteiger partial charge is 0.389 e. The van der Waals surface area contributed by atoms with Crippen LogP contribution in [0.1, 0.15) is 31.2 Å². The van der Waals surface area contributed by atoms with Crippen LogP contribution in [0.3, 0.4) is 0 Å². The van der Waals surface area contributed by atoms with E-state index in [2.05, 4.69) is 0 Å². The zero-order valence-electron chi connectivity index (χ0n) is 10.5. The summed E-state index contributed by atoms with van der Waals surface area (Å²) in [6, 6.07) is 5.54. The molecule has 100 valence electrons. The molecule has 1 aromatic rings. The van der Waals surface area contributed by atoms with Crippen LogP contribution < -0.4 is 0 Å². The number of hydrogen-bond acceptors (Lipinski definition) is 2. The number of rotatable bonds is 3. The molecule has 0 spiro atoms. The van der Waals surface area contributed by atoms with Crippen molar-refractivity contribution in [3.8, 4) is 0 Å². The fourth-order valence-electron chi connectivity index (χ4n) is 2.69. The van der Waals surface area contributed by atoms with Crippen LogP contribution in [-0.2, 0) is 11.2 Å². The molecule has 1 N–H and O–H groups in total. The standard InChI is InChI=1S/C14H18Cl2O2/c1-18-11-5-3-7-14(17,9-11)8-10-4-2-6-12(15)13(10)16/h2,4,6,11,17H,3,5,7-9H2,1H3. The van der Waals surface area contributed by atoms with Gasteiger partial charge in [0.1, 0.15) is 0 Å². The van der Waals surface area contributed by atoms with Crippen LogP contribution in [0.2, 0.25) is 10.0 Å². The van der Waals surface area contributed by atoms with Crippen LogP contribution in [0, 0.1) is 0 Å². The van der Waals surface area contributed by atoms with Gasteiger partial charge in [-0.25, -0.2) is 0 Å². The first-order valence-corrected chi connectivity index (χ1v) is 6.98. The third kappa shape index (κ3) is 3.18.